The molecule has 1 unspecified atom stereocenters. The largest absolute Gasteiger partial charge is 0.382 e. The van der Waals surface area contributed by atoms with Gasteiger partial charge in [0.1, 0.15) is 6.10 Å². The molecule has 1 N–H and O–H groups in total. The number of hydrogen-bond donors (Lipinski definition) is 1. The first-order valence-electron chi connectivity index (χ1n) is 4.80. The molecule has 1 aromatic heterocycles. The molecule has 1 aromatic carbocycles. The van der Waals surface area contributed by atoms with Crippen molar-refractivity contribution in [3.05, 3.63) is 53.4 Å². The van der Waals surface area contributed by atoms with Gasteiger partial charge < -0.3 is 9.67 Å². The summed E-state index contributed by atoms with van der Waals surface area (Å²) in [6.07, 6.45) is 1.45. The highest BCUT2D eigenvalue weighted by molar-refractivity contribution is 5.27. The Hall–Kier alpha value is -1.82. The molecule has 0 amide bonds. The summed E-state index contributed by atoms with van der Waals surface area (Å²) in [5.41, 5.74) is -0.181. The lowest BCUT2D eigenvalue weighted by Crippen LogP contribution is -2.06. The van der Waals surface area contributed by atoms with Gasteiger partial charge >= 0.3 is 0 Å². The number of hydrogen-bond acceptors (Lipinski definition) is 2. The zero-order valence-electron chi connectivity index (χ0n) is 8.86. The second kappa shape index (κ2) is 4.21. The maximum atomic E-state index is 13.4. The Balaban J connectivity index is 2.44. The number of nitrogens with zero attached hydrogens (tertiary/aromatic N) is 2. The zero-order chi connectivity index (χ0) is 12.6. The molecule has 2 aromatic rings. The van der Waals surface area contributed by atoms with Crippen LogP contribution < -0.4 is 0 Å². The minimum atomic E-state index is -1.60. The SMILES string of the molecule is Cn1cnc(C(O)c2ccc(F)c(F)c2F)c1. The lowest BCUT2D eigenvalue weighted by Gasteiger charge is -2.10. The van der Waals surface area contributed by atoms with E-state index in [1.54, 1.807) is 11.6 Å². The monoisotopic (exact) mass is 242 g/mol. The first-order chi connectivity index (χ1) is 8.00. The highest BCUT2D eigenvalue weighted by Crippen LogP contribution is 2.25. The molecule has 6 heteroatoms. The van der Waals surface area contributed by atoms with E-state index in [0.29, 0.717) is 0 Å². The summed E-state index contributed by atoms with van der Waals surface area (Å²) in [5, 5.41) is 9.80. The van der Waals surface area contributed by atoms with E-state index in [0.717, 1.165) is 12.1 Å². The van der Waals surface area contributed by atoms with Gasteiger partial charge in [0.2, 0.25) is 0 Å². The molecule has 17 heavy (non-hydrogen) atoms. The highest BCUT2D eigenvalue weighted by Gasteiger charge is 2.21. The van der Waals surface area contributed by atoms with Crippen molar-refractivity contribution < 1.29 is 18.3 Å². The van der Waals surface area contributed by atoms with Crippen LogP contribution in [-0.2, 0) is 7.05 Å². The second-order valence-corrected chi connectivity index (χ2v) is 3.63. The topological polar surface area (TPSA) is 38.0 Å². The molecule has 0 aliphatic heterocycles. The molecule has 3 nitrogen and oxygen atoms in total. The number of aromatic nitrogens is 2. The van der Waals surface area contributed by atoms with Gasteiger partial charge in [-0.25, -0.2) is 18.2 Å². The Morgan fingerprint density at radius 2 is 1.94 bits per heavy atom. The molecule has 1 heterocycles. The van der Waals surface area contributed by atoms with Crippen molar-refractivity contribution in [2.45, 2.75) is 6.10 Å². The van der Waals surface area contributed by atoms with Crippen LogP contribution in [0, 0.1) is 17.5 Å². The summed E-state index contributed by atoms with van der Waals surface area (Å²) in [4.78, 5) is 3.82. The highest BCUT2D eigenvalue weighted by atomic mass is 19.2. The maximum absolute atomic E-state index is 13.4. The van der Waals surface area contributed by atoms with Gasteiger partial charge in [-0.3, -0.25) is 0 Å². The molecule has 0 saturated carbocycles. The smallest absolute Gasteiger partial charge is 0.194 e. The van der Waals surface area contributed by atoms with Crippen molar-refractivity contribution in [2.24, 2.45) is 7.05 Å². The maximum Gasteiger partial charge on any atom is 0.194 e. The van der Waals surface area contributed by atoms with Gasteiger partial charge in [-0.15, -0.1) is 0 Å². The Morgan fingerprint density at radius 3 is 2.53 bits per heavy atom. The van der Waals surface area contributed by atoms with Crippen LogP contribution in [0.5, 0.6) is 0 Å². The number of rotatable bonds is 2. The van der Waals surface area contributed by atoms with Gasteiger partial charge in [0.05, 0.1) is 12.0 Å². The predicted molar refractivity (Wildman–Crippen MR) is 53.6 cm³/mol. The zero-order valence-corrected chi connectivity index (χ0v) is 8.86. The predicted octanol–water partition coefficient (Wildman–Crippen LogP) is 1.92. The van der Waals surface area contributed by atoms with Crippen LogP contribution in [0.4, 0.5) is 13.2 Å². The van der Waals surface area contributed by atoms with Crippen LogP contribution >= 0.6 is 0 Å². The lowest BCUT2D eigenvalue weighted by atomic mass is 10.1. The molecule has 0 aliphatic carbocycles. The standard InChI is InChI=1S/C11H9F3N2O/c1-16-4-8(15-5-16)11(17)6-2-3-7(12)10(14)9(6)13/h2-5,11,17H,1H3. The van der Waals surface area contributed by atoms with E-state index in [-0.39, 0.29) is 11.3 Å². The minimum absolute atomic E-state index is 0.164. The third-order valence-corrected chi connectivity index (χ3v) is 2.36. The van der Waals surface area contributed by atoms with Gasteiger partial charge in [0.25, 0.3) is 0 Å². The van der Waals surface area contributed by atoms with Crippen molar-refractivity contribution in [1.29, 1.82) is 0 Å². The summed E-state index contributed by atoms with van der Waals surface area (Å²) in [7, 11) is 1.67. The fraction of sp³-hybridized carbons (Fsp3) is 0.182. The molecule has 0 spiro atoms. The number of halogens is 3. The van der Waals surface area contributed by atoms with Crippen molar-refractivity contribution in [2.75, 3.05) is 0 Å². The van der Waals surface area contributed by atoms with Crippen LogP contribution in [0.2, 0.25) is 0 Å². The number of benzene rings is 1. The average molecular weight is 242 g/mol. The van der Waals surface area contributed by atoms with Crippen LogP contribution in [0.15, 0.2) is 24.7 Å². The van der Waals surface area contributed by atoms with E-state index in [1.165, 1.54) is 12.5 Å². The van der Waals surface area contributed by atoms with Crippen LogP contribution in [0.1, 0.15) is 17.4 Å². The summed E-state index contributed by atoms with van der Waals surface area (Å²) in [6.45, 7) is 0. The van der Waals surface area contributed by atoms with E-state index in [9.17, 15) is 18.3 Å². The lowest BCUT2D eigenvalue weighted by molar-refractivity contribution is 0.208. The van der Waals surface area contributed by atoms with Crippen LogP contribution in [0.25, 0.3) is 0 Å². The molecule has 1 atom stereocenters. The Labute approximate surface area is 95.1 Å². The van der Waals surface area contributed by atoms with E-state index >= 15 is 0 Å². The number of imidazole rings is 1. The van der Waals surface area contributed by atoms with Crippen LogP contribution in [-0.4, -0.2) is 14.7 Å². The number of aliphatic hydroxyl groups is 1. The van der Waals surface area contributed by atoms with Crippen molar-refractivity contribution in [3.63, 3.8) is 0 Å². The Kier molecular flexibility index (Phi) is 2.89. The van der Waals surface area contributed by atoms with E-state index in [1.807, 2.05) is 0 Å². The molecule has 0 saturated heterocycles. The molecule has 90 valence electrons. The van der Waals surface area contributed by atoms with Gasteiger partial charge in [-0.1, -0.05) is 0 Å². The normalized spacial score (nSPS) is 12.8. The Morgan fingerprint density at radius 1 is 1.24 bits per heavy atom. The first-order valence-corrected chi connectivity index (χ1v) is 4.80. The van der Waals surface area contributed by atoms with E-state index < -0.39 is 23.6 Å². The molecule has 0 aliphatic rings. The van der Waals surface area contributed by atoms with Crippen molar-refractivity contribution in [3.8, 4) is 0 Å². The van der Waals surface area contributed by atoms with Crippen LogP contribution in [0.3, 0.4) is 0 Å². The Bertz CT molecular complexity index is 554. The molecule has 0 radical (unpaired) electrons. The quantitative estimate of drug-likeness (QED) is 0.817. The summed E-state index contributed by atoms with van der Waals surface area (Å²) < 4.78 is 40.6. The third kappa shape index (κ3) is 2.03. The van der Waals surface area contributed by atoms with Gasteiger partial charge in [0.15, 0.2) is 17.5 Å². The van der Waals surface area contributed by atoms with Gasteiger partial charge in [0, 0.05) is 18.8 Å². The molecular formula is C11H9F3N2O. The fourth-order valence-corrected chi connectivity index (χ4v) is 1.49. The van der Waals surface area contributed by atoms with E-state index in [2.05, 4.69) is 4.98 Å². The summed E-state index contributed by atoms with van der Waals surface area (Å²) in [6, 6.07) is 1.76. The van der Waals surface area contributed by atoms with Crippen molar-refractivity contribution in [1.82, 2.24) is 9.55 Å². The summed E-state index contributed by atoms with van der Waals surface area (Å²) in [5.74, 6) is -4.29. The molecule has 0 fully saturated rings. The fourth-order valence-electron chi connectivity index (χ4n) is 1.49. The third-order valence-electron chi connectivity index (χ3n) is 2.36. The average Bonchev–Trinajstić information content (AvgIpc) is 2.72. The van der Waals surface area contributed by atoms with E-state index in [4.69, 9.17) is 0 Å². The molecular weight excluding hydrogens is 233 g/mol. The number of aryl methyl sites for hydroxylation is 1. The van der Waals surface area contributed by atoms with Gasteiger partial charge in [-0.05, 0) is 12.1 Å². The molecule has 0 bridgehead atoms. The minimum Gasteiger partial charge on any atom is -0.382 e. The first kappa shape index (κ1) is 11.7. The number of aliphatic hydroxyl groups excluding tert-OH is 1. The van der Waals surface area contributed by atoms with Gasteiger partial charge in [-0.2, -0.15) is 0 Å². The molecule has 2 rings (SSSR count). The van der Waals surface area contributed by atoms with Crippen molar-refractivity contribution >= 4 is 0 Å². The summed E-state index contributed by atoms with van der Waals surface area (Å²) >= 11 is 0. The second-order valence-electron chi connectivity index (χ2n) is 3.63.